The monoisotopic (exact) mass is 268 g/mol. The third-order valence-corrected chi connectivity index (χ3v) is 3.27. The number of carbonyl (C=O) groups is 2. The molecule has 0 bridgehead atoms. The van der Waals surface area contributed by atoms with E-state index in [1.807, 2.05) is 13.8 Å². The number of carboxylic acids is 1. The van der Waals surface area contributed by atoms with Gasteiger partial charge in [0.25, 0.3) is 0 Å². The second-order valence-electron chi connectivity index (χ2n) is 4.69. The van der Waals surface area contributed by atoms with E-state index in [2.05, 4.69) is 10.5 Å². The Morgan fingerprint density at radius 3 is 2.68 bits per heavy atom. The molecule has 0 unspecified atom stereocenters. The fourth-order valence-corrected chi connectivity index (χ4v) is 1.73. The highest BCUT2D eigenvalue weighted by molar-refractivity contribution is 5.83. The maximum absolute atomic E-state index is 11.8. The van der Waals surface area contributed by atoms with Gasteiger partial charge in [0.15, 0.2) is 0 Å². The number of aromatic nitrogens is 1. The molecular weight excluding hydrogens is 248 g/mol. The molecule has 106 valence electrons. The predicted molar refractivity (Wildman–Crippen MR) is 68.6 cm³/mol. The molecule has 0 aliphatic rings. The number of hydrogen-bond donors (Lipinski definition) is 2. The van der Waals surface area contributed by atoms with Crippen molar-refractivity contribution in [3.8, 4) is 0 Å². The number of aliphatic carboxylic acids is 1. The minimum absolute atomic E-state index is 0.0984. The van der Waals surface area contributed by atoms with Gasteiger partial charge in [0.2, 0.25) is 5.91 Å². The van der Waals surface area contributed by atoms with Crippen LogP contribution in [0.3, 0.4) is 0 Å². The Morgan fingerprint density at radius 1 is 1.53 bits per heavy atom. The summed E-state index contributed by atoms with van der Waals surface area (Å²) in [4.78, 5) is 22.8. The van der Waals surface area contributed by atoms with E-state index in [4.69, 9.17) is 9.63 Å². The maximum atomic E-state index is 11.8. The fourth-order valence-electron chi connectivity index (χ4n) is 1.73. The Balaban J connectivity index is 2.49. The summed E-state index contributed by atoms with van der Waals surface area (Å²) in [7, 11) is 0. The van der Waals surface area contributed by atoms with Crippen LogP contribution in [0.15, 0.2) is 10.8 Å². The number of carboxylic acid groups (broad SMARTS) is 1. The van der Waals surface area contributed by atoms with E-state index >= 15 is 0 Å². The summed E-state index contributed by atoms with van der Waals surface area (Å²) in [5.41, 5.74) is 1.62. The molecule has 1 aromatic heterocycles. The second kappa shape index (κ2) is 6.92. The van der Waals surface area contributed by atoms with Gasteiger partial charge in [-0.25, -0.2) is 4.79 Å². The second-order valence-corrected chi connectivity index (χ2v) is 4.69. The van der Waals surface area contributed by atoms with Crippen molar-refractivity contribution in [3.05, 3.63) is 17.5 Å². The van der Waals surface area contributed by atoms with Gasteiger partial charge in [0.1, 0.15) is 12.3 Å². The molecule has 2 N–H and O–H groups in total. The van der Waals surface area contributed by atoms with E-state index in [0.29, 0.717) is 12.8 Å². The van der Waals surface area contributed by atoms with Crippen molar-refractivity contribution in [2.45, 2.75) is 46.1 Å². The van der Waals surface area contributed by atoms with Gasteiger partial charge in [-0.15, -0.1) is 0 Å². The van der Waals surface area contributed by atoms with Crippen LogP contribution in [0.2, 0.25) is 0 Å². The van der Waals surface area contributed by atoms with E-state index < -0.39 is 12.0 Å². The summed E-state index contributed by atoms with van der Waals surface area (Å²) in [6.07, 6.45) is 2.92. The first kappa shape index (κ1) is 15.2. The number of hydrogen-bond acceptors (Lipinski definition) is 4. The Labute approximate surface area is 112 Å². The molecule has 2 atom stereocenters. The molecule has 6 nitrogen and oxygen atoms in total. The van der Waals surface area contributed by atoms with E-state index in [0.717, 1.165) is 11.3 Å². The minimum atomic E-state index is -0.996. The molecule has 0 aromatic carbocycles. The van der Waals surface area contributed by atoms with Crippen LogP contribution in [-0.4, -0.2) is 28.2 Å². The van der Waals surface area contributed by atoms with E-state index in [-0.39, 0.29) is 18.2 Å². The molecular formula is C13H20N2O4. The van der Waals surface area contributed by atoms with Gasteiger partial charge in [-0.2, -0.15) is 0 Å². The Hall–Kier alpha value is -1.85. The maximum Gasteiger partial charge on any atom is 0.326 e. The zero-order valence-electron chi connectivity index (χ0n) is 11.5. The van der Waals surface area contributed by atoms with Gasteiger partial charge in [0, 0.05) is 12.0 Å². The van der Waals surface area contributed by atoms with Crippen molar-refractivity contribution >= 4 is 11.9 Å². The van der Waals surface area contributed by atoms with E-state index in [1.165, 1.54) is 6.26 Å². The van der Waals surface area contributed by atoms with Crippen molar-refractivity contribution in [2.75, 3.05) is 0 Å². The summed E-state index contributed by atoms with van der Waals surface area (Å²) in [5.74, 6) is -1.36. The first-order valence-corrected chi connectivity index (χ1v) is 6.37. The Kier molecular flexibility index (Phi) is 5.54. The number of aryl methyl sites for hydroxylation is 2. The highest BCUT2D eigenvalue weighted by Crippen LogP contribution is 2.10. The third-order valence-electron chi connectivity index (χ3n) is 3.27. The summed E-state index contributed by atoms with van der Waals surface area (Å²) in [6.45, 7) is 5.51. The topological polar surface area (TPSA) is 92.4 Å². The van der Waals surface area contributed by atoms with Crippen molar-refractivity contribution in [2.24, 2.45) is 5.92 Å². The average molecular weight is 268 g/mol. The minimum Gasteiger partial charge on any atom is -0.480 e. The van der Waals surface area contributed by atoms with Crippen LogP contribution in [0, 0.1) is 12.8 Å². The molecule has 1 amide bonds. The molecule has 1 aromatic rings. The van der Waals surface area contributed by atoms with Crippen LogP contribution < -0.4 is 5.32 Å². The molecule has 0 saturated carbocycles. The lowest BCUT2D eigenvalue weighted by atomic mass is 9.99. The van der Waals surface area contributed by atoms with Gasteiger partial charge in [-0.05, 0) is 19.3 Å². The predicted octanol–water partition coefficient (Wildman–Crippen LogP) is 1.53. The lowest BCUT2D eigenvalue weighted by Crippen LogP contribution is -2.45. The third kappa shape index (κ3) is 4.39. The van der Waals surface area contributed by atoms with Gasteiger partial charge >= 0.3 is 5.97 Å². The summed E-state index contributed by atoms with van der Waals surface area (Å²) in [6, 6.07) is -0.832. The summed E-state index contributed by atoms with van der Waals surface area (Å²) >= 11 is 0. The van der Waals surface area contributed by atoms with Crippen molar-refractivity contribution in [1.82, 2.24) is 10.5 Å². The largest absolute Gasteiger partial charge is 0.480 e. The van der Waals surface area contributed by atoms with Crippen LogP contribution >= 0.6 is 0 Å². The first-order valence-electron chi connectivity index (χ1n) is 6.37. The Morgan fingerprint density at radius 2 is 2.21 bits per heavy atom. The molecule has 0 spiro atoms. The van der Waals surface area contributed by atoms with Crippen molar-refractivity contribution in [3.63, 3.8) is 0 Å². The number of nitrogens with one attached hydrogen (secondary N) is 1. The standard InChI is InChI=1S/C13H20N2O4/c1-4-8(2)12(13(17)18)14-11(16)6-5-10-7-19-15-9(10)3/h7-8,12H,4-6H2,1-3H3,(H,14,16)(H,17,18)/t8-,12-/m0/s1. The number of rotatable bonds is 7. The SMILES string of the molecule is CC[C@H](C)[C@H](NC(=O)CCc1conc1C)C(=O)O. The smallest absolute Gasteiger partial charge is 0.326 e. The van der Waals surface area contributed by atoms with Gasteiger partial charge in [0.05, 0.1) is 5.69 Å². The zero-order chi connectivity index (χ0) is 14.4. The Bertz CT molecular complexity index is 442. The first-order chi connectivity index (χ1) is 8.95. The van der Waals surface area contributed by atoms with Crippen LogP contribution in [0.5, 0.6) is 0 Å². The van der Waals surface area contributed by atoms with Crippen LogP contribution in [-0.2, 0) is 16.0 Å². The van der Waals surface area contributed by atoms with Crippen molar-refractivity contribution < 1.29 is 19.2 Å². The summed E-state index contributed by atoms with van der Waals surface area (Å²) in [5, 5.41) is 15.4. The molecule has 0 aliphatic carbocycles. The quantitative estimate of drug-likeness (QED) is 0.782. The normalized spacial score (nSPS) is 13.8. The number of carbonyl (C=O) groups excluding carboxylic acids is 1. The molecule has 1 heterocycles. The molecule has 0 radical (unpaired) electrons. The number of nitrogens with zero attached hydrogens (tertiary/aromatic N) is 1. The van der Waals surface area contributed by atoms with Crippen LogP contribution in [0.4, 0.5) is 0 Å². The lowest BCUT2D eigenvalue weighted by molar-refractivity contribution is -0.143. The van der Waals surface area contributed by atoms with E-state index in [9.17, 15) is 9.59 Å². The molecule has 1 rings (SSSR count). The van der Waals surface area contributed by atoms with E-state index in [1.54, 1.807) is 6.92 Å². The van der Waals surface area contributed by atoms with Crippen molar-refractivity contribution in [1.29, 1.82) is 0 Å². The highest BCUT2D eigenvalue weighted by Gasteiger charge is 2.25. The zero-order valence-corrected chi connectivity index (χ0v) is 11.5. The molecule has 0 aliphatic heterocycles. The molecule has 19 heavy (non-hydrogen) atoms. The van der Waals surface area contributed by atoms with Gasteiger partial charge in [-0.1, -0.05) is 25.4 Å². The lowest BCUT2D eigenvalue weighted by Gasteiger charge is -2.20. The average Bonchev–Trinajstić information content (AvgIpc) is 2.77. The highest BCUT2D eigenvalue weighted by atomic mass is 16.5. The number of amides is 1. The summed E-state index contributed by atoms with van der Waals surface area (Å²) < 4.78 is 4.78. The molecule has 0 saturated heterocycles. The molecule has 6 heteroatoms. The van der Waals surface area contributed by atoms with Crippen LogP contribution in [0.25, 0.3) is 0 Å². The fraction of sp³-hybridized carbons (Fsp3) is 0.615. The molecule has 0 fully saturated rings. The van der Waals surface area contributed by atoms with Gasteiger partial charge in [-0.3, -0.25) is 4.79 Å². The van der Waals surface area contributed by atoms with Crippen LogP contribution in [0.1, 0.15) is 37.9 Å². The van der Waals surface area contributed by atoms with Gasteiger partial charge < -0.3 is 14.9 Å².